The number of hydrogen-bond acceptors (Lipinski definition) is 4. The number of carbonyl (C=O) groups is 1. The van der Waals surface area contributed by atoms with Gasteiger partial charge in [0.25, 0.3) is 0 Å². The van der Waals surface area contributed by atoms with E-state index in [1.165, 1.54) is 12.5 Å². The van der Waals surface area contributed by atoms with E-state index in [1.807, 2.05) is 30.5 Å². The Hall–Kier alpha value is -2.89. The van der Waals surface area contributed by atoms with Crippen LogP contribution in [-0.4, -0.2) is 33.1 Å². The lowest BCUT2D eigenvalue weighted by Crippen LogP contribution is -2.15. The molecule has 0 amide bonds. The highest BCUT2D eigenvalue weighted by Crippen LogP contribution is 2.31. The van der Waals surface area contributed by atoms with Crippen LogP contribution >= 0.6 is 0 Å². The third-order valence-electron chi connectivity index (χ3n) is 3.17. The molecule has 3 aromatic rings. The molecule has 2 aromatic heterocycles. The average Bonchev–Trinajstić information content (AvgIpc) is 2.90. The third-order valence-corrected chi connectivity index (χ3v) is 3.17. The van der Waals surface area contributed by atoms with Gasteiger partial charge in [0, 0.05) is 30.3 Å². The Morgan fingerprint density at radius 2 is 2.15 bits per heavy atom. The van der Waals surface area contributed by atoms with Gasteiger partial charge in [-0.3, -0.25) is 0 Å². The standard InChI is InChI=1S/C14H12N4O2/c1-18(13-10(14(19)20)6-15-8-17-13)12-7-16-11-5-3-2-4-9(11)12/h2-8,16H,1H3,(H,19,20). The molecule has 2 heterocycles. The number of carboxylic acids is 1. The molecule has 1 aromatic carbocycles. The fourth-order valence-corrected chi connectivity index (χ4v) is 2.19. The van der Waals surface area contributed by atoms with Crippen molar-refractivity contribution in [1.82, 2.24) is 15.0 Å². The predicted molar refractivity (Wildman–Crippen MR) is 75.4 cm³/mol. The summed E-state index contributed by atoms with van der Waals surface area (Å²) in [5.74, 6) is -0.690. The largest absolute Gasteiger partial charge is 0.477 e. The number of rotatable bonds is 3. The Bertz CT molecular complexity index is 781. The molecule has 0 aliphatic rings. The van der Waals surface area contributed by atoms with E-state index in [2.05, 4.69) is 15.0 Å². The van der Waals surface area contributed by atoms with E-state index in [4.69, 9.17) is 0 Å². The summed E-state index contributed by atoms with van der Waals surface area (Å²) in [5.41, 5.74) is 1.92. The normalized spacial score (nSPS) is 10.7. The molecule has 0 spiro atoms. The first-order valence-electron chi connectivity index (χ1n) is 6.01. The van der Waals surface area contributed by atoms with E-state index in [1.54, 1.807) is 11.9 Å². The van der Waals surface area contributed by atoms with Crippen LogP contribution in [-0.2, 0) is 0 Å². The maximum atomic E-state index is 11.2. The molecule has 6 heteroatoms. The molecule has 3 rings (SSSR count). The molecular weight excluding hydrogens is 256 g/mol. The smallest absolute Gasteiger partial charge is 0.341 e. The number of aromatic carboxylic acids is 1. The minimum absolute atomic E-state index is 0.0697. The quantitative estimate of drug-likeness (QED) is 0.762. The average molecular weight is 268 g/mol. The summed E-state index contributed by atoms with van der Waals surface area (Å²) in [6.07, 6.45) is 4.47. The van der Waals surface area contributed by atoms with Crippen LogP contribution in [0.1, 0.15) is 10.4 Å². The molecular formula is C14H12N4O2. The summed E-state index contributed by atoms with van der Waals surface area (Å²) in [4.78, 5) is 24.0. The lowest BCUT2D eigenvalue weighted by atomic mass is 10.2. The highest BCUT2D eigenvalue weighted by atomic mass is 16.4. The fourth-order valence-electron chi connectivity index (χ4n) is 2.19. The monoisotopic (exact) mass is 268 g/mol. The maximum absolute atomic E-state index is 11.2. The number of hydrogen-bond donors (Lipinski definition) is 2. The van der Waals surface area contributed by atoms with Gasteiger partial charge in [0.15, 0.2) is 5.82 Å². The van der Waals surface area contributed by atoms with E-state index in [-0.39, 0.29) is 5.56 Å². The van der Waals surface area contributed by atoms with E-state index in [0.29, 0.717) is 5.82 Å². The van der Waals surface area contributed by atoms with Gasteiger partial charge in [-0.25, -0.2) is 14.8 Å². The summed E-state index contributed by atoms with van der Waals surface area (Å²) < 4.78 is 0. The number of anilines is 2. The zero-order valence-corrected chi connectivity index (χ0v) is 10.7. The van der Waals surface area contributed by atoms with Gasteiger partial charge in [0.1, 0.15) is 11.9 Å². The van der Waals surface area contributed by atoms with E-state index >= 15 is 0 Å². The van der Waals surface area contributed by atoms with Gasteiger partial charge < -0.3 is 15.0 Å². The predicted octanol–water partition coefficient (Wildman–Crippen LogP) is 2.42. The van der Waals surface area contributed by atoms with Crippen molar-refractivity contribution in [2.75, 3.05) is 11.9 Å². The molecule has 0 unspecified atom stereocenters. The molecule has 20 heavy (non-hydrogen) atoms. The van der Waals surface area contributed by atoms with Crippen LogP contribution in [0.25, 0.3) is 10.9 Å². The molecule has 0 radical (unpaired) electrons. The fraction of sp³-hybridized carbons (Fsp3) is 0.0714. The number of aromatic nitrogens is 3. The first-order chi connectivity index (χ1) is 9.68. The lowest BCUT2D eigenvalue weighted by molar-refractivity contribution is 0.0697. The number of fused-ring (bicyclic) bond motifs is 1. The molecule has 0 saturated carbocycles. The van der Waals surface area contributed by atoms with Crippen molar-refractivity contribution in [3.8, 4) is 0 Å². The SMILES string of the molecule is CN(c1ncncc1C(=O)O)c1c[nH]c2ccccc12. The van der Waals surface area contributed by atoms with Gasteiger partial charge in [0.2, 0.25) is 0 Å². The van der Waals surface area contributed by atoms with Gasteiger partial charge in [0.05, 0.1) is 5.69 Å². The van der Waals surface area contributed by atoms with E-state index in [0.717, 1.165) is 16.6 Å². The topological polar surface area (TPSA) is 82.1 Å². The van der Waals surface area contributed by atoms with Gasteiger partial charge in [-0.05, 0) is 6.07 Å². The van der Waals surface area contributed by atoms with Crippen LogP contribution in [0.4, 0.5) is 11.5 Å². The molecule has 0 aliphatic carbocycles. The molecule has 0 bridgehead atoms. The summed E-state index contributed by atoms with van der Waals surface area (Å²) in [6.45, 7) is 0. The molecule has 6 nitrogen and oxygen atoms in total. The lowest BCUT2D eigenvalue weighted by Gasteiger charge is -2.18. The molecule has 0 saturated heterocycles. The van der Waals surface area contributed by atoms with Crippen LogP contribution in [0, 0.1) is 0 Å². The van der Waals surface area contributed by atoms with Crippen molar-refractivity contribution in [3.05, 3.63) is 48.5 Å². The number of nitrogens with zero attached hydrogens (tertiary/aromatic N) is 3. The number of H-pyrrole nitrogens is 1. The number of benzene rings is 1. The second kappa shape index (κ2) is 4.65. The van der Waals surface area contributed by atoms with Crippen molar-refractivity contribution in [2.45, 2.75) is 0 Å². The molecule has 2 N–H and O–H groups in total. The highest BCUT2D eigenvalue weighted by Gasteiger charge is 2.18. The second-order valence-corrected chi connectivity index (χ2v) is 4.34. The molecule has 0 atom stereocenters. The second-order valence-electron chi connectivity index (χ2n) is 4.34. The molecule has 0 fully saturated rings. The van der Waals surface area contributed by atoms with E-state index < -0.39 is 5.97 Å². The van der Waals surface area contributed by atoms with Crippen LogP contribution in [0.5, 0.6) is 0 Å². The molecule has 100 valence electrons. The highest BCUT2D eigenvalue weighted by molar-refractivity contribution is 5.98. The first kappa shape index (κ1) is 12.2. The summed E-state index contributed by atoms with van der Waals surface area (Å²) >= 11 is 0. The van der Waals surface area contributed by atoms with Crippen molar-refractivity contribution in [1.29, 1.82) is 0 Å². The summed E-state index contributed by atoms with van der Waals surface area (Å²) in [5, 5.41) is 10.2. The number of aromatic amines is 1. The minimum atomic E-state index is -1.05. The van der Waals surface area contributed by atoms with Crippen molar-refractivity contribution < 1.29 is 9.90 Å². The Balaban J connectivity index is 2.13. The molecule has 0 aliphatic heterocycles. The van der Waals surface area contributed by atoms with Gasteiger partial charge >= 0.3 is 5.97 Å². The van der Waals surface area contributed by atoms with Crippen LogP contribution in [0.15, 0.2) is 43.0 Å². The Kier molecular flexibility index (Phi) is 2.83. The summed E-state index contributed by atoms with van der Waals surface area (Å²) in [6, 6.07) is 7.81. The van der Waals surface area contributed by atoms with Gasteiger partial charge in [-0.2, -0.15) is 0 Å². The third kappa shape index (κ3) is 1.87. The summed E-state index contributed by atoms with van der Waals surface area (Å²) in [7, 11) is 1.78. The van der Waals surface area contributed by atoms with Gasteiger partial charge in [-0.1, -0.05) is 18.2 Å². The van der Waals surface area contributed by atoms with Crippen molar-refractivity contribution >= 4 is 28.4 Å². The maximum Gasteiger partial charge on any atom is 0.341 e. The van der Waals surface area contributed by atoms with Crippen LogP contribution < -0.4 is 4.90 Å². The van der Waals surface area contributed by atoms with Crippen molar-refractivity contribution in [3.63, 3.8) is 0 Å². The van der Waals surface area contributed by atoms with Gasteiger partial charge in [-0.15, -0.1) is 0 Å². The number of para-hydroxylation sites is 1. The zero-order chi connectivity index (χ0) is 14.1. The zero-order valence-electron chi connectivity index (χ0n) is 10.7. The van der Waals surface area contributed by atoms with Crippen LogP contribution in [0.2, 0.25) is 0 Å². The number of nitrogens with one attached hydrogen (secondary N) is 1. The number of carboxylic acid groups (broad SMARTS) is 1. The Morgan fingerprint density at radius 3 is 2.95 bits per heavy atom. The first-order valence-corrected chi connectivity index (χ1v) is 6.01. The Labute approximate surface area is 114 Å². The minimum Gasteiger partial charge on any atom is -0.477 e. The van der Waals surface area contributed by atoms with Crippen LogP contribution in [0.3, 0.4) is 0 Å². The van der Waals surface area contributed by atoms with Crippen molar-refractivity contribution in [2.24, 2.45) is 0 Å². The Morgan fingerprint density at radius 1 is 1.35 bits per heavy atom. The van der Waals surface area contributed by atoms with E-state index in [9.17, 15) is 9.90 Å².